The lowest BCUT2D eigenvalue weighted by Gasteiger charge is -2.22. The van der Waals surface area contributed by atoms with Crippen molar-refractivity contribution in [2.24, 2.45) is 0 Å². The summed E-state index contributed by atoms with van der Waals surface area (Å²) in [6.07, 6.45) is 3.40. The second kappa shape index (κ2) is 6.28. The van der Waals surface area contributed by atoms with Gasteiger partial charge in [-0.2, -0.15) is 0 Å². The molecule has 1 heterocycles. The van der Waals surface area contributed by atoms with Gasteiger partial charge in [0.2, 0.25) is 0 Å². The summed E-state index contributed by atoms with van der Waals surface area (Å²) in [7, 11) is 0. The van der Waals surface area contributed by atoms with Gasteiger partial charge in [-0.3, -0.25) is 0 Å². The van der Waals surface area contributed by atoms with E-state index >= 15 is 0 Å². The van der Waals surface area contributed by atoms with Crippen molar-refractivity contribution in [3.8, 4) is 0 Å². The van der Waals surface area contributed by atoms with E-state index < -0.39 is 5.60 Å². The Morgan fingerprint density at radius 2 is 2.00 bits per heavy atom. The maximum Gasteiger partial charge on any atom is 0.314 e. The van der Waals surface area contributed by atoms with Crippen molar-refractivity contribution in [1.29, 1.82) is 0 Å². The highest BCUT2D eigenvalue weighted by molar-refractivity contribution is 5.74. The van der Waals surface area contributed by atoms with E-state index in [-0.39, 0.29) is 23.8 Å². The lowest BCUT2D eigenvalue weighted by molar-refractivity contribution is 0.0367. The van der Waals surface area contributed by atoms with Crippen LogP contribution < -0.4 is 10.6 Å². The van der Waals surface area contributed by atoms with Crippen LogP contribution in [0.3, 0.4) is 0 Å². The maximum atomic E-state index is 13.0. The smallest absolute Gasteiger partial charge is 0.314 e. The molecular formula is C18H21FN2O3. The van der Waals surface area contributed by atoms with Crippen LogP contribution >= 0.6 is 0 Å². The Morgan fingerprint density at radius 3 is 2.58 bits per heavy atom. The van der Waals surface area contributed by atoms with Crippen LogP contribution in [-0.4, -0.2) is 24.2 Å². The van der Waals surface area contributed by atoms with Gasteiger partial charge in [-0.25, -0.2) is 9.18 Å². The van der Waals surface area contributed by atoms with Crippen LogP contribution in [0.2, 0.25) is 0 Å². The zero-order valence-corrected chi connectivity index (χ0v) is 13.5. The number of rotatable bonds is 6. The zero-order chi connectivity index (χ0) is 17.2. The number of amides is 2. The van der Waals surface area contributed by atoms with Gasteiger partial charge in [0.15, 0.2) is 0 Å². The number of furan rings is 1. The first kappa shape index (κ1) is 16.5. The van der Waals surface area contributed by atoms with Crippen molar-refractivity contribution in [1.82, 2.24) is 10.6 Å². The number of aliphatic hydroxyl groups is 1. The number of urea groups is 1. The predicted octanol–water partition coefficient (Wildman–Crippen LogP) is 2.66. The summed E-state index contributed by atoms with van der Waals surface area (Å²) in [6, 6.07) is 9.41. The molecule has 1 fully saturated rings. The molecule has 6 heteroatoms. The van der Waals surface area contributed by atoms with Crippen molar-refractivity contribution in [3.05, 3.63) is 59.8 Å². The molecule has 3 rings (SSSR count). The summed E-state index contributed by atoms with van der Waals surface area (Å²) < 4.78 is 18.2. The highest BCUT2D eigenvalue weighted by atomic mass is 19.1. The molecule has 1 aliphatic carbocycles. The van der Waals surface area contributed by atoms with Crippen LogP contribution in [0.5, 0.6) is 0 Å². The third-order valence-electron chi connectivity index (χ3n) is 4.54. The Hall–Kier alpha value is -2.34. The lowest BCUT2D eigenvalue weighted by Crippen LogP contribution is -2.45. The fraction of sp³-hybridized carbons (Fsp3) is 0.389. The van der Waals surface area contributed by atoms with Crippen molar-refractivity contribution >= 4 is 6.03 Å². The monoisotopic (exact) mass is 332 g/mol. The fourth-order valence-corrected chi connectivity index (χ4v) is 2.76. The zero-order valence-electron chi connectivity index (χ0n) is 13.5. The molecule has 2 amide bonds. The van der Waals surface area contributed by atoms with E-state index in [4.69, 9.17) is 4.42 Å². The van der Waals surface area contributed by atoms with E-state index in [0.29, 0.717) is 12.3 Å². The average Bonchev–Trinajstić information content (AvgIpc) is 3.13. The second-order valence-electron chi connectivity index (χ2n) is 6.57. The number of carbonyl (C=O) groups excluding carboxylic acids is 1. The van der Waals surface area contributed by atoms with Gasteiger partial charge in [-0.1, -0.05) is 12.1 Å². The largest absolute Gasteiger partial charge is 0.466 e. The number of carbonyl (C=O) groups is 1. The Labute approximate surface area is 139 Å². The molecule has 0 radical (unpaired) electrons. The highest BCUT2D eigenvalue weighted by Gasteiger charge is 2.44. The standard InChI is InChI=1S/C18H21FN2O3/c1-17(23,15-3-2-10-24-15)11-20-16(22)21-12-18(8-9-18)13-4-6-14(19)7-5-13/h2-7,10,23H,8-9,11-12H2,1H3,(H2,20,21,22). The Bertz CT molecular complexity index is 692. The SMILES string of the molecule is CC(O)(CNC(=O)NCC1(c2ccc(F)cc2)CC1)c1ccco1. The molecule has 1 aliphatic rings. The van der Waals surface area contributed by atoms with E-state index in [1.807, 2.05) is 0 Å². The normalized spacial score (nSPS) is 17.8. The number of halogens is 1. The molecule has 1 unspecified atom stereocenters. The van der Waals surface area contributed by atoms with Crippen molar-refractivity contribution in [2.75, 3.05) is 13.1 Å². The first-order valence-electron chi connectivity index (χ1n) is 7.95. The van der Waals surface area contributed by atoms with Crippen molar-refractivity contribution in [2.45, 2.75) is 30.8 Å². The van der Waals surface area contributed by atoms with Gasteiger partial charge in [-0.05, 0) is 49.6 Å². The van der Waals surface area contributed by atoms with Gasteiger partial charge in [0.25, 0.3) is 0 Å². The molecule has 0 saturated heterocycles. The Morgan fingerprint density at radius 1 is 1.29 bits per heavy atom. The minimum absolute atomic E-state index is 0.0376. The number of hydrogen-bond acceptors (Lipinski definition) is 3. The molecule has 3 N–H and O–H groups in total. The molecule has 5 nitrogen and oxygen atoms in total. The van der Waals surface area contributed by atoms with Crippen LogP contribution in [0.15, 0.2) is 47.1 Å². The molecular weight excluding hydrogens is 311 g/mol. The van der Waals surface area contributed by atoms with Crippen LogP contribution in [0.1, 0.15) is 31.1 Å². The third-order valence-corrected chi connectivity index (χ3v) is 4.54. The summed E-state index contributed by atoms with van der Waals surface area (Å²) in [5.74, 6) is 0.133. The van der Waals surface area contributed by atoms with Gasteiger partial charge in [0, 0.05) is 12.0 Å². The van der Waals surface area contributed by atoms with Gasteiger partial charge < -0.3 is 20.2 Å². The first-order valence-corrected chi connectivity index (χ1v) is 7.95. The molecule has 0 spiro atoms. The predicted molar refractivity (Wildman–Crippen MR) is 87.0 cm³/mol. The van der Waals surface area contributed by atoms with Gasteiger partial charge in [-0.15, -0.1) is 0 Å². The summed E-state index contributed by atoms with van der Waals surface area (Å²) in [6.45, 7) is 2.09. The molecule has 1 aromatic carbocycles. The van der Waals surface area contributed by atoms with Crippen molar-refractivity contribution < 1.29 is 18.7 Å². The summed E-state index contributed by atoms with van der Waals surface area (Å²) >= 11 is 0. The summed E-state index contributed by atoms with van der Waals surface area (Å²) in [5.41, 5.74) is -0.337. The van der Waals surface area contributed by atoms with E-state index in [0.717, 1.165) is 18.4 Å². The number of benzene rings is 1. The van der Waals surface area contributed by atoms with Crippen LogP contribution in [0.4, 0.5) is 9.18 Å². The number of nitrogens with one attached hydrogen (secondary N) is 2. The number of hydrogen-bond donors (Lipinski definition) is 3. The highest BCUT2D eigenvalue weighted by Crippen LogP contribution is 2.47. The van der Waals surface area contributed by atoms with E-state index in [1.165, 1.54) is 18.4 Å². The second-order valence-corrected chi connectivity index (χ2v) is 6.57. The quantitative estimate of drug-likeness (QED) is 0.761. The van der Waals surface area contributed by atoms with E-state index in [1.54, 1.807) is 31.2 Å². The first-order chi connectivity index (χ1) is 11.4. The topological polar surface area (TPSA) is 74.5 Å². The van der Waals surface area contributed by atoms with Gasteiger partial charge in [0.05, 0.1) is 12.8 Å². The molecule has 2 aromatic rings. The molecule has 24 heavy (non-hydrogen) atoms. The maximum absolute atomic E-state index is 13.0. The van der Waals surface area contributed by atoms with Gasteiger partial charge >= 0.3 is 6.03 Å². The van der Waals surface area contributed by atoms with Gasteiger partial charge in [0.1, 0.15) is 17.2 Å². The van der Waals surface area contributed by atoms with E-state index in [2.05, 4.69) is 10.6 Å². The fourth-order valence-electron chi connectivity index (χ4n) is 2.76. The molecule has 128 valence electrons. The molecule has 1 aromatic heterocycles. The Kier molecular flexibility index (Phi) is 4.32. The average molecular weight is 332 g/mol. The van der Waals surface area contributed by atoms with Crippen LogP contribution in [0, 0.1) is 5.82 Å². The van der Waals surface area contributed by atoms with Crippen molar-refractivity contribution in [3.63, 3.8) is 0 Å². The molecule has 1 saturated carbocycles. The van der Waals surface area contributed by atoms with Crippen LogP contribution in [0.25, 0.3) is 0 Å². The Balaban J connectivity index is 1.50. The summed E-state index contributed by atoms with van der Waals surface area (Å²) in [5, 5.41) is 15.8. The molecule has 1 atom stereocenters. The lowest BCUT2D eigenvalue weighted by atomic mass is 9.96. The molecule has 0 aliphatic heterocycles. The minimum atomic E-state index is -1.27. The van der Waals surface area contributed by atoms with E-state index in [9.17, 15) is 14.3 Å². The third kappa shape index (κ3) is 3.59. The van der Waals surface area contributed by atoms with Crippen LogP contribution in [-0.2, 0) is 11.0 Å². The summed E-state index contributed by atoms with van der Waals surface area (Å²) in [4.78, 5) is 12.0. The molecule has 0 bridgehead atoms. The minimum Gasteiger partial charge on any atom is -0.466 e.